The van der Waals surface area contributed by atoms with Crippen LogP contribution in [0.5, 0.6) is 0 Å². The van der Waals surface area contributed by atoms with E-state index in [2.05, 4.69) is 31.1 Å². The monoisotopic (exact) mass is 169 g/mol. The van der Waals surface area contributed by atoms with Crippen LogP contribution >= 0.6 is 0 Å². The van der Waals surface area contributed by atoms with Gasteiger partial charge in [0.2, 0.25) is 0 Å². The average Bonchev–Trinajstić information content (AvgIpc) is 2.35. The molecule has 0 unspecified atom stereocenters. The highest BCUT2D eigenvalue weighted by Crippen LogP contribution is 2.18. The van der Waals surface area contributed by atoms with Gasteiger partial charge in [-0.05, 0) is 0 Å². The van der Waals surface area contributed by atoms with Gasteiger partial charge in [-0.3, -0.25) is 0 Å². The van der Waals surface area contributed by atoms with E-state index in [0.29, 0.717) is 6.54 Å². The summed E-state index contributed by atoms with van der Waals surface area (Å²) in [5.41, 5.74) is 0.990. The van der Waals surface area contributed by atoms with Crippen molar-refractivity contribution in [1.29, 1.82) is 0 Å². The van der Waals surface area contributed by atoms with Crippen LogP contribution in [0.15, 0.2) is 6.20 Å². The molecule has 4 nitrogen and oxygen atoms in total. The van der Waals surface area contributed by atoms with Crippen molar-refractivity contribution in [2.75, 3.05) is 6.61 Å². The second kappa shape index (κ2) is 3.23. The molecule has 1 N–H and O–H groups in total. The SMILES string of the molecule is CC(C)(C)c1cn(CCO)nn1. The van der Waals surface area contributed by atoms with Crippen molar-refractivity contribution < 1.29 is 5.11 Å². The molecule has 0 aromatic carbocycles. The van der Waals surface area contributed by atoms with E-state index in [1.807, 2.05) is 6.20 Å². The Hall–Kier alpha value is -0.900. The zero-order chi connectivity index (χ0) is 9.19. The first-order valence-corrected chi connectivity index (χ1v) is 4.05. The van der Waals surface area contributed by atoms with Gasteiger partial charge in [-0.1, -0.05) is 26.0 Å². The van der Waals surface area contributed by atoms with Gasteiger partial charge in [-0.2, -0.15) is 0 Å². The highest BCUT2D eigenvalue weighted by molar-refractivity contribution is 5.06. The van der Waals surface area contributed by atoms with Crippen LogP contribution in [0.1, 0.15) is 26.5 Å². The van der Waals surface area contributed by atoms with Gasteiger partial charge in [-0.15, -0.1) is 5.10 Å². The zero-order valence-corrected chi connectivity index (χ0v) is 7.78. The Morgan fingerprint density at radius 1 is 1.50 bits per heavy atom. The number of hydrogen-bond acceptors (Lipinski definition) is 3. The summed E-state index contributed by atoms with van der Waals surface area (Å²) in [6.45, 7) is 6.87. The van der Waals surface area contributed by atoms with Crippen molar-refractivity contribution in [3.8, 4) is 0 Å². The number of nitrogens with zero attached hydrogens (tertiary/aromatic N) is 3. The van der Waals surface area contributed by atoms with Gasteiger partial charge in [0.05, 0.1) is 18.8 Å². The Labute approximate surface area is 72.2 Å². The summed E-state index contributed by atoms with van der Waals surface area (Å²) in [5.74, 6) is 0. The Morgan fingerprint density at radius 2 is 2.17 bits per heavy atom. The average molecular weight is 169 g/mol. The maximum Gasteiger partial charge on any atom is 0.0880 e. The largest absolute Gasteiger partial charge is 0.394 e. The van der Waals surface area contributed by atoms with Gasteiger partial charge in [0.1, 0.15) is 0 Å². The zero-order valence-electron chi connectivity index (χ0n) is 7.78. The Balaban J connectivity index is 2.77. The van der Waals surface area contributed by atoms with Gasteiger partial charge in [0.15, 0.2) is 0 Å². The van der Waals surface area contributed by atoms with Crippen LogP contribution in [0.3, 0.4) is 0 Å². The second-order valence-corrected chi connectivity index (χ2v) is 3.84. The summed E-state index contributed by atoms with van der Waals surface area (Å²) in [7, 11) is 0. The molecule has 1 rings (SSSR count). The van der Waals surface area contributed by atoms with E-state index in [-0.39, 0.29) is 12.0 Å². The summed E-state index contributed by atoms with van der Waals surface area (Å²) >= 11 is 0. The number of hydrogen-bond donors (Lipinski definition) is 1. The van der Waals surface area contributed by atoms with E-state index < -0.39 is 0 Å². The molecule has 0 aliphatic rings. The highest BCUT2D eigenvalue weighted by atomic mass is 16.3. The lowest BCUT2D eigenvalue weighted by Crippen LogP contribution is -2.11. The van der Waals surface area contributed by atoms with Gasteiger partial charge in [0.25, 0.3) is 0 Å². The first-order valence-electron chi connectivity index (χ1n) is 4.05. The van der Waals surface area contributed by atoms with Crippen LogP contribution in [0, 0.1) is 0 Å². The molecule has 0 saturated heterocycles. The van der Waals surface area contributed by atoms with Gasteiger partial charge < -0.3 is 5.11 Å². The highest BCUT2D eigenvalue weighted by Gasteiger charge is 2.17. The fourth-order valence-electron chi connectivity index (χ4n) is 0.854. The van der Waals surface area contributed by atoms with Crippen LogP contribution < -0.4 is 0 Å². The topological polar surface area (TPSA) is 50.9 Å². The first-order chi connectivity index (χ1) is 5.54. The fourth-order valence-corrected chi connectivity index (χ4v) is 0.854. The fraction of sp³-hybridized carbons (Fsp3) is 0.750. The van der Waals surface area contributed by atoms with Gasteiger partial charge in [-0.25, -0.2) is 4.68 Å². The molecule has 0 spiro atoms. The quantitative estimate of drug-likeness (QED) is 0.704. The Bertz CT molecular complexity index is 249. The Kier molecular flexibility index (Phi) is 2.47. The van der Waals surface area contributed by atoms with Crippen LogP contribution in [0.2, 0.25) is 0 Å². The molecule has 0 fully saturated rings. The third kappa shape index (κ3) is 2.04. The summed E-state index contributed by atoms with van der Waals surface area (Å²) < 4.78 is 1.65. The molecule has 1 aromatic rings. The van der Waals surface area contributed by atoms with Crippen LogP contribution in [0.4, 0.5) is 0 Å². The molecule has 0 radical (unpaired) electrons. The second-order valence-electron chi connectivity index (χ2n) is 3.84. The van der Waals surface area contributed by atoms with Crippen LogP contribution in [0.25, 0.3) is 0 Å². The number of rotatable bonds is 2. The van der Waals surface area contributed by atoms with Gasteiger partial charge in [0, 0.05) is 11.6 Å². The Morgan fingerprint density at radius 3 is 2.58 bits per heavy atom. The number of aliphatic hydroxyl groups is 1. The van der Waals surface area contributed by atoms with Crippen molar-refractivity contribution in [3.63, 3.8) is 0 Å². The predicted octanol–water partition coefficient (Wildman–Crippen LogP) is 0.568. The molecule has 1 heterocycles. The summed E-state index contributed by atoms with van der Waals surface area (Å²) in [5, 5.41) is 16.5. The van der Waals surface area contributed by atoms with E-state index >= 15 is 0 Å². The molecular weight excluding hydrogens is 154 g/mol. The molecular formula is C8H15N3O. The third-order valence-electron chi connectivity index (χ3n) is 1.64. The molecule has 1 aromatic heterocycles. The minimum atomic E-state index is 0.0354. The van der Waals surface area contributed by atoms with Crippen molar-refractivity contribution in [1.82, 2.24) is 15.0 Å². The molecule has 0 aliphatic heterocycles. The van der Waals surface area contributed by atoms with E-state index in [0.717, 1.165) is 5.69 Å². The van der Waals surface area contributed by atoms with E-state index in [1.165, 1.54) is 0 Å². The lowest BCUT2D eigenvalue weighted by Gasteiger charge is -2.12. The molecule has 68 valence electrons. The molecule has 4 heteroatoms. The lowest BCUT2D eigenvalue weighted by molar-refractivity contribution is 0.268. The lowest BCUT2D eigenvalue weighted by atomic mass is 9.93. The molecule has 0 aliphatic carbocycles. The van der Waals surface area contributed by atoms with E-state index in [9.17, 15) is 0 Å². The molecule has 0 atom stereocenters. The van der Waals surface area contributed by atoms with Crippen molar-refractivity contribution >= 4 is 0 Å². The van der Waals surface area contributed by atoms with E-state index in [1.54, 1.807) is 4.68 Å². The molecule has 12 heavy (non-hydrogen) atoms. The third-order valence-corrected chi connectivity index (χ3v) is 1.64. The maximum atomic E-state index is 8.64. The smallest absolute Gasteiger partial charge is 0.0880 e. The van der Waals surface area contributed by atoms with E-state index in [4.69, 9.17) is 5.11 Å². The molecule has 0 saturated carbocycles. The van der Waals surface area contributed by atoms with Crippen LogP contribution in [-0.2, 0) is 12.0 Å². The minimum absolute atomic E-state index is 0.0354. The van der Waals surface area contributed by atoms with Crippen LogP contribution in [-0.4, -0.2) is 26.7 Å². The number of aromatic nitrogens is 3. The molecule has 0 bridgehead atoms. The minimum Gasteiger partial charge on any atom is -0.394 e. The number of aliphatic hydroxyl groups excluding tert-OH is 1. The summed E-state index contributed by atoms with van der Waals surface area (Å²) in [6.07, 6.45) is 1.87. The predicted molar refractivity (Wildman–Crippen MR) is 45.8 cm³/mol. The standard InChI is InChI=1S/C8H15N3O/c1-8(2,3)7-6-11(4-5-12)10-9-7/h6,12H,4-5H2,1-3H3. The first kappa shape index (κ1) is 9.19. The van der Waals surface area contributed by atoms with Crippen molar-refractivity contribution in [2.45, 2.75) is 32.7 Å². The van der Waals surface area contributed by atoms with Crippen molar-refractivity contribution in [3.05, 3.63) is 11.9 Å². The summed E-state index contributed by atoms with van der Waals surface area (Å²) in [4.78, 5) is 0. The molecule has 0 amide bonds. The van der Waals surface area contributed by atoms with Gasteiger partial charge >= 0.3 is 0 Å². The summed E-state index contributed by atoms with van der Waals surface area (Å²) in [6, 6.07) is 0. The van der Waals surface area contributed by atoms with Crippen molar-refractivity contribution in [2.24, 2.45) is 0 Å². The normalized spacial score (nSPS) is 12.0. The maximum absolute atomic E-state index is 8.64.